The number of aromatic nitrogens is 1. The van der Waals surface area contributed by atoms with E-state index in [1.807, 2.05) is 30.3 Å². The standard InChI is InChI=1S/C13H11BrN2O/c1-16(12-5-3-2-4-6-12)13(17)10-7-11(14)9-15-8-10/h2-9H,1H3. The van der Waals surface area contributed by atoms with Gasteiger partial charge in [0.05, 0.1) is 5.56 Å². The number of hydrogen-bond donors (Lipinski definition) is 0. The lowest BCUT2D eigenvalue weighted by Crippen LogP contribution is -2.26. The lowest BCUT2D eigenvalue weighted by atomic mass is 10.2. The number of para-hydroxylation sites is 1. The molecule has 0 aliphatic heterocycles. The van der Waals surface area contributed by atoms with E-state index in [9.17, 15) is 4.79 Å². The van der Waals surface area contributed by atoms with Crippen molar-refractivity contribution in [3.8, 4) is 0 Å². The van der Waals surface area contributed by atoms with Crippen molar-refractivity contribution >= 4 is 27.5 Å². The zero-order chi connectivity index (χ0) is 12.3. The summed E-state index contributed by atoms with van der Waals surface area (Å²) in [6.07, 6.45) is 3.21. The summed E-state index contributed by atoms with van der Waals surface area (Å²) in [6.45, 7) is 0. The molecule has 3 nitrogen and oxygen atoms in total. The Morgan fingerprint density at radius 1 is 1.24 bits per heavy atom. The summed E-state index contributed by atoms with van der Waals surface area (Å²) in [5, 5.41) is 0. The van der Waals surface area contributed by atoms with Gasteiger partial charge in [-0.3, -0.25) is 9.78 Å². The Bertz CT molecular complexity index is 528. The molecule has 1 aromatic heterocycles. The number of anilines is 1. The second kappa shape index (κ2) is 5.10. The second-order valence-corrected chi connectivity index (χ2v) is 4.51. The maximum Gasteiger partial charge on any atom is 0.259 e. The molecule has 2 aromatic rings. The minimum absolute atomic E-state index is 0.0787. The highest BCUT2D eigenvalue weighted by molar-refractivity contribution is 9.10. The molecule has 0 aliphatic rings. The number of carbonyl (C=O) groups is 1. The molecular weight excluding hydrogens is 280 g/mol. The van der Waals surface area contributed by atoms with Crippen LogP contribution in [0.15, 0.2) is 53.3 Å². The normalized spacial score (nSPS) is 10.0. The number of amides is 1. The smallest absolute Gasteiger partial charge is 0.259 e. The molecule has 0 N–H and O–H groups in total. The molecule has 0 atom stereocenters. The Kier molecular flexibility index (Phi) is 3.54. The van der Waals surface area contributed by atoms with E-state index in [-0.39, 0.29) is 5.91 Å². The Hall–Kier alpha value is -1.68. The van der Waals surface area contributed by atoms with E-state index in [0.29, 0.717) is 5.56 Å². The molecule has 0 fully saturated rings. The largest absolute Gasteiger partial charge is 0.311 e. The first-order valence-electron chi connectivity index (χ1n) is 5.12. The number of pyridine rings is 1. The maximum absolute atomic E-state index is 12.2. The van der Waals surface area contributed by atoms with Crippen molar-refractivity contribution in [1.29, 1.82) is 0 Å². The predicted molar refractivity (Wildman–Crippen MR) is 71.1 cm³/mol. The summed E-state index contributed by atoms with van der Waals surface area (Å²) in [5.41, 5.74) is 1.42. The van der Waals surface area contributed by atoms with Gasteiger partial charge in [-0.05, 0) is 34.1 Å². The number of halogens is 1. The average molecular weight is 291 g/mol. The second-order valence-electron chi connectivity index (χ2n) is 3.59. The monoisotopic (exact) mass is 290 g/mol. The van der Waals surface area contributed by atoms with Gasteiger partial charge in [0.1, 0.15) is 0 Å². The van der Waals surface area contributed by atoms with Gasteiger partial charge in [-0.2, -0.15) is 0 Å². The van der Waals surface area contributed by atoms with Crippen LogP contribution in [0.5, 0.6) is 0 Å². The fraction of sp³-hybridized carbons (Fsp3) is 0.0769. The number of rotatable bonds is 2. The van der Waals surface area contributed by atoms with Gasteiger partial charge >= 0.3 is 0 Å². The molecule has 0 saturated heterocycles. The number of benzene rings is 1. The first-order chi connectivity index (χ1) is 8.18. The van der Waals surface area contributed by atoms with E-state index in [1.165, 1.54) is 0 Å². The molecule has 4 heteroatoms. The lowest BCUT2D eigenvalue weighted by Gasteiger charge is -2.17. The Morgan fingerprint density at radius 2 is 1.94 bits per heavy atom. The van der Waals surface area contributed by atoms with Crippen LogP contribution in [0.2, 0.25) is 0 Å². The van der Waals surface area contributed by atoms with Crippen LogP contribution in [0.1, 0.15) is 10.4 Å². The highest BCUT2D eigenvalue weighted by atomic mass is 79.9. The van der Waals surface area contributed by atoms with Gasteiger partial charge in [-0.25, -0.2) is 0 Å². The van der Waals surface area contributed by atoms with E-state index in [2.05, 4.69) is 20.9 Å². The molecule has 86 valence electrons. The Balaban J connectivity index is 2.27. The highest BCUT2D eigenvalue weighted by Gasteiger charge is 2.13. The van der Waals surface area contributed by atoms with Gasteiger partial charge in [0, 0.05) is 29.6 Å². The fourth-order valence-electron chi connectivity index (χ4n) is 1.49. The minimum atomic E-state index is -0.0787. The van der Waals surface area contributed by atoms with Crippen LogP contribution in [0.3, 0.4) is 0 Å². The molecule has 1 heterocycles. The Morgan fingerprint density at radius 3 is 2.59 bits per heavy atom. The molecule has 0 radical (unpaired) electrons. The number of hydrogen-bond acceptors (Lipinski definition) is 2. The van der Waals surface area contributed by atoms with Gasteiger partial charge < -0.3 is 4.90 Å². The molecule has 17 heavy (non-hydrogen) atoms. The number of nitrogens with zero attached hydrogens (tertiary/aromatic N) is 2. The van der Waals surface area contributed by atoms with Crippen LogP contribution in [0.25, 0.3) is 0 Å². The molecule has 0 spiro atoms. The first-order valence-corrected chi connectivity index (χ1v) is 5.91. The zero-order valence-electron chi connectivity index (χ0n) is 9.30. The summed E-state index contributed by atoms with van der Waals surface area (Å²) >= 11 is 3.30. The molecule has 0 saturated carbocycles. The van der Waals surface area contributed by atoms with Crippen molar-refractivity contribution in [2.45, 2.75) is 0 Å². The van der Waals surface area contributed by atoms with Crippen LogP contribution in [-0.4, -0.2) is 17.9 Å². The van der Waals surface area contributed by atoms with Crippen molar-refractivity contribution < 1.29 is 4.79 Å². The van der Waals surface area contributed by atoms with E-state index in [0.717, 1.165) is 10.2 Å². The van der Waals surface area contributed by atoms with Crippen molar-refractivity contribution in [3.05, 3.63) is 58.8 Å². The molecular formula is C13H11BrN2O. The van der Waals surface area contributed by atoms with Crippen LogP contribution in [-0.2, 0) is 0 Å². The SMILES string of the molecule is CN(C(=O)c1cncc(Br)c1)c1ccccc1. The van der Waals surface area contributed by atoms with Crippen LogP contribution < -0.4 is 4.90 Å². The first kappa shape index (κ1) is 11.8. The summed E-state index contributed by atoms with van der Waals surface area (Å²) in [4.78, 5) is 17.8. The molecule has 1 aromatic carbocycles. The van der Waals surface area contributed by atoms with Gasteiger partial charge in [-0.1, -0.05) is 18.2 Å². The molecule has 2 rings (SSSR count). The predicted octanol–water partition coefficient (Wildman–Crippen LogP) is 3.12. The van der Waals surface area contributed by atoms with Crippen molar-refractivity contribution in [3.63, 3.8) is 0 Å². The average Bonchev–Trinajstić information content (AvgIpc) is 2.38. The third-order valence-corrected chi connectivity index (χ3v) is 2.83. The van der Waals surface area contributed by atoms with Crippen LogP contribution in [0.4, 0.5) is 5.69 Å². The molecule has 0 bridgehead atoms. The van der Waals surface area contributed by atoms with Gasteiger partial charge in [-0.15, -0.1) is 0 Å². The van der Waals surface area contributed by atoms with E-state index in [1.54, 1.807) is 30.4 Å². The van der Waals surface area contributed by atoms with Gasteiger partial charge in [0.2, 0.25) is 0 Å². The summed E-state index contributed by atoms with van der Waals surface area (Å²) in [7, 11) is 1.75. The van der Waals surface area contributed by atoms with Crippen molar-refractivity contribution in [1.82, 2.24) is 4.98 Å². The van der Waals surface area contributed by atoms with Crippen molar-refractivity contribution in [2.24, 2.45) is 0 Å². The van der Waals surface area contributed by atoms with Crippen LogP contribution in [0, 0.1) is 0 Å². The summed E-state index contributed by atoms with van der Waals surface area (Å²) in [5.74, 6) is -0.0787. The third kappa shape index (κ3) is 2.71. The van der Waals surface area contributed by atoms with E-state index < -0.39 is 0 Å². The summed E-state index contributed by atoms with van der Waals surface area (Å²) in [6, 6.07) is 11.3. The number of carbonyl (C=O) groups excluding carboxylic acids is 1. The topological polar surface area (TPSA) is 33.2 Å². The molecule has 1 amide bonds. The van der Waals surface area contributed by atoms with Gasteiger partial charge in [0.15, 0.2) is 0 Å². The molecule has 0 unspecified atom stereocenters. The quantitative estimate of drug-likeness (QED) is 0.851. The van der Waals surface area contributed by atoms with Crippen molar-refractivity contribution in [2.75, 3.05) is 11.9 Å². The fourth-order valence-corrected chi connectivity index (χ4v) is 1.86. The summed E-state index contributed by atoms with van der Waals surface area (Å²) < 4.78 is 0.796. The maximum atomic E-state index is 12.2. The van der Waals surface area contributed by atoms with Gasteiger partial charge in [0.25, 0.3) is 5.91 Å². The zero-order valence-corrected chi connectivity index (χ0v) is 10.9. The van der Waals surface area contributed by atoms with E-state index in [4.69, 9.17) is 0 Å². The van der Waals surface area contributed by atoms with E-state index >= 15 is 0 Å². The highest BCUT2D eigenvalue weighted by Crippen LogP contribution is 2.16. The lowest BCUT2D eigenvalue weighted by molar-refractivity contribution is 0.0992. The minimum Gasteiger partial charge on any atom is -0.311 e. The van der Waals surface area contributed by atoms with Crippen LogP contribution >= 0.6 is 15.9 Å². The molecule has 0 aliphatic carbocycles. The third-order valence-electron chi connectivity index (χ3n) is 2.40. The Labute approximate surface area is 108 Å².